The van der Waals surface area contributed by atoms with Gasteiger partial charge in [0.2, 0.25) is 0 Å². The van der Waals surface area contributed by atoms with Gasteiger partial charge in [-0.15, -0.1) is 0 Å². The minimum Gasteiger partial charge on any atom is -0.465 e. The van der Waals surface area contributed by atoms with Crippen molar-refractivity contribution >= 4 is 5.97 Å². The third-order valence-corrected chi connectivity index (χ3v) is 3.79. The number of nitrogens with one attached hydrogen (secondary N) is 1. The maximum absolute atomic E-state index is 11.9. The monoisotopic (exact) mass is 255 g/mol. The number of hydrogen-bond donors (Lipinski definition) is 1. The first-order chi connectivity index (χ1) is 8.48. The van der Waals surface area contributed by atoms with Crippen molar-refractivity contribution in [3.63, 3.8) is 0 Å². The molecule has 1 aliphatic carbocycles. The zero-order valence-corrected chi connectivity index (χ0v) is 12.4. The average Bonchev–Trinajstić information content (AvgIpc) is 2.27. The summed E-state index contributed by atoms with van der Waals surface area (Å²) in [7, 11) is 0. The van der Waals surface area contributed by atoms with Crippen LogP contribution in [-0.4, -0.2) is 24.7 Å². The largest absolute Gasteiger partial charge is 0.465 e. The van der Waals surface area contributed by atoms with E-state index in [-0.39, 0.29) is 12.0 Å². The van der Waals surface area contributed by atoms with Crippen LogP contribution in [0, 0.1) is 5.41 Å². The van der Waals surface area contributed by atoms with Gasteiger partial charge in [-0.05, 0) is 38.0 Å². The van der Waals surface area contributed by atoms with Crippen molar-refractivity contribution in [3.05, 3.63) is 0 Å². The van der Waals surface area contributed by atoms with Gasteiger partial charge in [0.25, 0.3) is 0 Å². The van der Waals surface area contributed by atoms with Crippen LogP contribution in [-0.2, 0) is 9.53 Å². The van der Waals surface area contributed by atoms with Gasteiger partial charge in [0, 0.05) is 6.04 Å². The Bertz CT molecular complexity index is 263. The van der Waals surface area contributed by atoms with Gasteiger partial charge < -0.3 is 10.1 Å². The molecule has 1 saturated carbocycles. The van der Waals surface area contributed by atoms with E-state index >= 15 is 0 Å². The first-order valence-corrected chi connectivity index (χ1v) is 7.41. The van der Waals surface area contributed by atoms with Crippen molar-refractivity contribution in [1.29, 1.82) is 0 Å². The normalized spacial score (nSPS) is 24.6. The summed E-state index contributed by atoms with van der Waals surface area (Å²) in [6.07, 6.45) is 6.77. The molecule has 0 saturated heterocycles. The van der Waals surface area contributed by atoms with Gasteiger partial charge in [-0.2, -0.15) is 0 Å². The van der Waals surface area contributed by atoms with E-state index in [9.17, 15) is 4.79 Å². The Kier molecular flexibility index (Phi) is 6.13. The van der Waals surface area contributed by atoms with E-state index < -0.39 is 0 Å². The number of esters is 1. The van der Waals surface area contributed by atoms with Gasteiger partial charge in [0.1, 0.15) is 6.04 Å². The molecular weight excluding hydrogens is 226 g/mol. The third kappa shape index (κ3) is 4.97. The van der Waals surface area contributed by atoms with Crippen molar-refractivity contribution < 1.29 is 9.53 Å². The summed E-state index contributed by atoms with van der Waals surface area (Å²) in [5.74, 6) is -0.0808. The second-order valence-electron chi connectivity index (χ2n) is 6.22. The lowest BCUT2D eigenvalue weighted by atomic mass is 9.75. The highest BCUT2D eigenvalue weighted by Crippen LogP contribution is 2.35. The van der Waals surface area contributed by atoms with Crippen LogP contribution in [0.4, 0.5) is 0 Å². The molecule has 2 unspecified atom stereocenters. The van der Waals surface area contributed by atoms with E-state index in [0.717, 1.165) is 19.3 Å². The van der Waals surface area contributed by atoms with Crippen LogP contribution < -0.4 is 5.32 Å². The molecule has 0 heterocycles. The van der Waals surface area contributed by atoms with Crippen molar-refractivity contribution in [2.45, 2.75) is 78.3 Å². The second-order valence-corrected chi connectivity index (χ2v) is 6.22. The quantitative estimate of drug-likeness (QED) is 0.740. The SMILES string of the molecule is CCCC(NC1CCCC(C)(C)C1)C(=O)OCC. The van der Waals surface area contributed by atoms with E-state index in [1.807, 2.05) is 6.92 Å². The lowest BCUT2D eigenvalue weighted by Crippen LogP contribution is -2.47. The van der Waals surface area contributed by atoms with Gasteiger partial charge >= 0.3 is 5.97 Å². The Labute approximate surface area is 112 Å². The van der Waals surface area contributed by atoms with Gasteiger partial charge in [-0.3, -0.25) is 4.79 Å². The summed E-state index contributed by atoms with van der Waals surface area (Å²) in [4.78, 5) is 11.9. The standard InChI is InChI=1S/C15H29NO2/c1-5-8-13(14(17)18-6-2)16-12-9-7-10-15(3,4)11-12/h12-13,16H,5-11H2,1-4H3. The molecule has 18 heavy (non-hydrogen) atoms. The Morgan fingerprint density at radius 2 is 2.17 bits per heavy atom. The lowest BCUT2D eigenvalue weighted by Gasteiger charge is -2.37. The molecule has 0 aromatic carbocycles. The predicted octanol–water partition coefficient (Wildman–Crippen LogP) is 3.28. The number of carbonyl (C=O) groups excluding carboxylic acids is 1. The average molecular weight is 255 g/mol. The fourth-order valence-corrected chi connectivity index (χ4v) is 2.93. The topological polar surface area (TPSA) is 38.3 Å². The van der Waals surface area contributed by atoms with Gasteiger partial charge in [0.15, 0.2) is 0 Å². The fraction of sp³-hybridized carbons (Fsp3) is 0.933. The smallest absolute Gasteiger partial charge is 0.323 e. The number of hydrogen-bond acceptors (Lipinski definition) is 3. The molecule has 0 spiro atoms. The summed E-state index contributed by atoms with van der Waals surface area (Å²) in [5, 5.41) is 3.52. The minimum atomic E-state index is -0.117. The first kappa shape index (κ1) is 15.5. The summed E-state index contributed by atoms with van der Waals surface area (Å²) in [6.45, 7) is 9.08. The van der Waals surface area contributed by atoms with E-state index in [0.29, 0.717) is 18.1 Å². The Hall–Kier alpha value is -0.570. The molecule has 1 aliphatic rings. The second kappa shape index (κ2) is 7.13. The maximum atomic E-state index is 11.9. The van der Waals surface area contributed by atoms with Gasteiger partial charge in [-0.1, -0.05) is 33.6 Å². The Morgan fingerprint density at radius 1 is 1.44 bits per heavy atom. The lowest BCUT2D eigenvalue weighted by molar-refractivity contribution is -0.146. The number of rotatable bonds is 6. The summed E-state index contributed by atoms with van der Waals surface area (Å²) < 4.78 is 5.15. The highest BCUT2D eigenvalue weighted by molar-refractivity contribution is 5.75. The molecule has 1 fully saturated rings. The zero-order chi connectivity index (χ0) is 13.6. The van der Waals surface area contributed by atoms with Crippen molar-refractivity contribution in [3.8, 4) is 0 Å². The van der Waals surface area contributed by atoms with Crippen LogP contribution >= 0.6 is 0 Å². The molecule has 0 aliphatic heterocycles. The summed E-state index contributed by atoms with van der Waals surface area (Å²) in [5.41, 5.74) is 0.404. The highest BCUT2D eigenvalue weighted by Gasteiger charge is 2.30. The molecule has 3 nitrogen and oxygen atoms in total. The van der Waals surface area contributed by atoms with Crippen molar-refractivity contribution in [2.24, 2.45) is 5.41 Å². The Morgan fingerprint density at radius 3 is 2.72 bits per heavy atom. The van der Waals surface area contributed by atoms with Crippen molar-refractivity contribution in [1.82, 2.24) is 5.32 Å². The van der Waals surface area contributed by atoms with Gasteiger partial charge in [-0.25, -0.2) is 0 Å². The summed E-state index contributed by atoms with van der Waals surface area (Å²) >= 11 is 0. The molecule has 0 aromatic heterocycles. The maximum Gasteiger partial charge on any atom is 0.323 e. The molecule has 106 valence electrons. The zero-order valence-electron chi connectivity index (χ0n) is 12.4. The molecule has 0 amide bonds. The van der Waals surface area contributed by atoms with E-state index in [1.165, 1.54) is 19.3 Å². The fourth-order valence-electron chi connectivity index (χ4n) is 2.93. The molecule has 2 atom stereocenters. The minimum absolute atomic E-state index is 0.0808. The third-order valence-electron chi connectivity index (χ3n) is 3.79. The molecular formula is C15H29NO2. The molecule has 1 N–H and O–H groups in total. The van der Waals surface area contributed by atoms with Crippen LogP contribution in [0.5, 0.6) is 0 Å². The van der Waals surface area contributed by atoms with Crippen LogP contribution in [0.25, 0.3) is 0 Å². The van der Waals surface area contributed by atoms with E-state index in [2.05, 4.69) is 26.1 Å². The van der Waals surface area contributed by atoms with E-state index in [4.69, 9.17) is 4.74 Å². The number of carbonyl (C=O) groups is 1. The van der Waals surface area contributed by atoms with Crippen molar-refractivity contribution in [2.75, 3.05) is 6.61 Å². The molecule has 0 bridgehead atoms. The van der Waals surface area contributed by atoms with Gasteiger partial charge in [0.05, 0.1) is 6.61 Å². The van der Waals surface area contributed by atoms with Crippen LogP contribution in [0.2, 0.25) is 0 Å². The highest BCUT2D eigenvalue weighted by atomic mass is 16.5. The van der Waals surface area contributed by atoms with Crippen LogP contribution in [0.15, 0.2) is 0 Å². The van der Waals surface area contributed by atoms with E-state index in [1.54, 1.807) is 0 Å². The van der Waals surface area contributed by atoms with Crippen LogP contribution in [0.1, 0.15) is 66.2 Å². The molecule has 0 radical (unpaired) electrons. The number of ether oxygens (including phenoxy) is 1. The summed E-state index contributed by atoms with van der Waals surface area (Å²) in [6, 6.07) is 0.351. The predicted molar refractivity (Wildman–Crippen MR) is 74.5 cm³/mol. The molecule has 3 heteroatoms. The molecule has 0 aromatic rings. The Balaban J connectivity index is 2.52. The van der Waals surface area contributed by atoms with Crippen LogP contribution in [0.3, 0.4) is 0 Å². The molecule has 1 rings (SSSR count). The first-order valence-electron chi connectivity index (χ1n) is 7.41.